The van der Waals surface area contributed by atoms with E-state index in [4.69, 9.17) is 4.74 Å². The van der Waals surface area contributed by atoms with Crippen LogP contribution in [-0.4, -0.2) is 25.0 Å². The number of rotatable bonds is 12. The molecule has 0 atom stereocenters. The summed E-state index contributed by atoms with van der Waals surface area (Å²) in [4.78, 5) is 22.2. The molecule has 218 valence electrons. The summed E-state index contributed by atoms with van der Waals surface area (Å²) in [6.45, 7) is 8.19. The number of amides is 1. The van der Waals surface area contributed by atoms with Crippen LogP contribution in [0.15, 0.2) is 54.6 Å². The van der Waals surface area contributed by atoms with Gasteiger partial charge in [0.1, 0.15) is 17.7 Å². The minimum absolute atomic E-state index is 0.108. The number of carbonyl (C=O) groups is 2. The molecule has 0 aromatic heterocycles. The number of ether oxygens (including phenoxy) is 1. The van der Waals surface area contributed by atoms with E-state index in [2.05, 4.69) is 56.4 Å². The maximum Gasteiger partial charge on any atom is 0.224 e. The minimum Gasteiger partial charge on any atom is -0.497 e. The number of nitrogens with one attached hydrogen (secondary N) is 1. The van der Waals surface area contributed by atoms with E-state index in [0.717, 1.165) is 56.2 Å². The number of unbranched alkanes of at least 4 members (excludes halogenated alkanes) is 1. The first-order chi connectivity index (χ1) is 18.8. The lowest BCUT2D eigenvalue weighted by Crippen LogP contribution is -2.26. The van der Waals surface area contributed by atoms with Gasteiger partial charge in [0.15, 0.2) is 0 Å². The van der Waals surface area contributed by atoms with Crippen LogP contribution < -0.4 is 10.1 Å². The largest absolute Gasteiger partial charge is 0.497 e. The lowest BCUT2D eigenvalue weighted by Gasteiger charge is -2.28. The predicted octanol–water partition coefficient (Wildman–Crippen LogP) is 9.37. The highest BCUT2D eigenvalue weighted by Crippen LogP contribution is 2.33. The van der Waals surface area contributed by atoms with E-state index in [9.17, 15) is 14.0 Å². The van der Waals surface area contributed by atoms with Crippen LogP contribution in [0.1, 0.15) is 104 Å². The van der Waals surface area contributed by atoms with E-state index >= 15 is 0 Å². The Morgan fingerprint density at radius 2 is 1.59 bits per heavy atom. The molecule has 1 fully saturated rings. The lowest BCUT2D eigenvalue weighted by molar-refractivity contribution is -0.117. The third-order valence-corrected chi connectivity index (χ3v) is 7.17. The topological polar surface area (TPSA) is 55.4 Å². The van der Waals surface area contributed by atoms with Crippen molar-refractivity contribution in [3.8, 4) is 5.75 Å². The molecule has 39 heavy (non-hydrogen) atoms. The maximum atomic E-state index is 13.1. The molecule has 0 unspecified atom stereocenters. The molecule has 0 radical (unpaired) electrons. The first-order valence-electron chi connectivity index (χ1n) is 14.9. The molecule has 2 aromatic rings. The van der Waals surface area contributed by atoms with Crippen molar-refractivity contribution in [3.05, 3.63) is 60.2 Å². The Hall–Kier alpha value is -2.69. The zero-order valence-corrected chi connectivity index (χ0v) is 25.0. The van der Waals surface area contributed by atoms with Crippen molar-refractivity contribution in [2.75, 3.05) is 12.4 Å². The van der Waals surface area contributed by atoms with E-state index < -0.39 is 5.67 Å². The predicted molar refractivity (Wildman–Crippen MR) is 162 cm³/mol. The highest BCUT2D eigenvalue weighted by Gasteiger charge is 2.30. The van der Waals surface area contributed by atoms with E-state index in [1.54, 1.807) is 14.0 Å². The Morgan fingerprint density at radius 1 is 1.00 bits per heavy atom. The summed E-state index contributed by atoms with van der Waals surface area (Å²) in [6.07, 6.45) is 12.5. The number of hydrogen-bond acceptors (Lipinski definition) is 3. The van der Waals surface area contributed by atoms with Gasteiger partial charge in [-0.2, -0.15) is 0 Å². The molecule has 0 heterocycles. The highest BCUT2D eigenvalue weighted by atomic mass is 19.1. The van der Waals surface area contributed by atoms with Crippen LogP contribution in [0, 0.1) is 11.8 Å². The number of aryl methyl sites for hydroxylation is 1. The Balaban J connectivity index is 0.000000320. The molecule has 1 aliphatic carbocycles. The van der Waals surface area contributed by atoms with E-state index in [0.29, 0.717) is 25.2 Å². The van der Waals surface area contributed by atoms with Crippen LogP contribution in [0.2, 0.25) is 0 Å². The van der Waals surface area contributed by atoms with E-state index in [1.165, 1.54) is 24.8 Å². The normalized spacial score (nSPS) is 18.2. The van der Waals surface area contributed by atoms with Gasteiger partial charge in [-0.05, 0) is 81.2 Å². The van der Waals surface area contributed by atoms with Crippen molar-refractivity contribution in [1.82, 2.24) is 0 Å². The zero-order valence-electron chi connectivity index (χ0n) is 25.0. The molecule has 1 aliphatic rings. The fourth-order valence-corrected chi connectivity index (χ4v) is 4.72. The number of benzene rings is 2. The van der Waals surface area contributed by atoms with Gasteiger partial charge in [-0.1, -0.05) is 83.2 Å². The molecular weight excluding hydrogens is 489 g/mol. The van der Waals surface area contributed by atoms with Crippen LogP contribution in [0.25, 0.3) is 0 Å². The average Bonchev–Trinajstić information content (AvgIpc) is 2.94. The van der Waals surface area contributed by atoms with Crippen LogP contribution in [0.4, 0.5) is 10.1 Å². The van der Waals surface area contributed by atoms with Gasteiger partial charge in [0, 0.05) is 18.0 Å². The highest BCUT2D eigenvalue weighted by molar-refractivity contribution is 5.90. The molecule has 0 aliphatic heterocycles. The number of anilines is 1. The summed E-state index contributed by atoms with van der Waals surface area (Å²) in [7, 11) is 1.63. The summed E-state index contributed by atoms with van der Waals surface area (Å²) in [6, 6.07) is 18.1. The summed E-state index contributed by atoms with van der Waals surface area (Å²) >= 11 is 0. The molecule has 0 saturated heterocycles. The molecular formula is C34H52FNO3. The van der Waals surface area contributed by atoms with Gasteiger partial charge in [-0.15, -0.1) is 0 Å². The monoisotopic (exact) mass is 541 g/mol. The first-order valence-corrected chi connectivity index (χ1v) is 14.9. The molecule has 1 saturated carbocycles. The fourth-order valence-electron chi connectivity index (χ4n) is 4.72. The van der Waals surface area contributed by atoms with Crippen molar-refractivity contribution in [2.24, 2.45) is 11.8 Å². The van der Waals surface area contributed by atoms with Gasteiger partial charge < -0.3 is 14.8 Å². The number of alkyl halides is 1. The van der Waals surface area contributed by atoms with Gasteiger partial charge in [0.05, 0.1) is 7.11 Å². The number of aldehydes is 1. The van der Waals surface area contributed by atoms with Crippen LogP contribution in [0.3, 0.4) is 0 Å². The van der Waals surface area contributed by atoms with Gasteiger partial charge in [-0.25, -0.2) is 4.39 Å². The zero-order chi connectivity index (χ0) is 28.9. The molecule has 1 amide bonds. The van der Waals surface area contributed by atoms with E-state index in [-0.39, 0.29) is 11.8 Å². The van der Waals surface area contributed by atoms with Gasteiger partial charge in [0.25, 0.3) is 0 Å². The van der Waals surface area contributed by atoms with Crippen LogP contribution in [0.5, 0.6) is 5.75 Å². The fraction of sp³-hybridized carbons (Fsp3) is 0.588. The smallest absolute Gasteiger partial charge is 0.224 e. The number of methoxy groups -OCH3 is 1. The summed E-state index contributed by atoms with van der Waals surface area (Å²) in [5.41, 5.74) is 1.29. The standard InChI is InChI=1S/C16H25NO2.C10H14.C8H13FO/c1-4-6-13(7-5-2)12-16(18)17-14-8-10-15(19-3)11-9-14;1-2-3-7-10-8-5-4-6-9-10;1-8(9)4-2-7(6-10)3-5-8/h8-11,13H,4-7,12H2,1-3H3,(H,17,18);4-6,8-9H,2-3,7H2,1H3;6-7H,2-5H2,1H3. The van der Waals surface area contributed by atoms with Crippen molar-refractivity contribution < 1.29 is 18.7 Å². The van der Waals surface area contributed by atoms with Gasteiger partial charge >= 0.3 is 0 Å². The Morgan fingerprint density at radius 3 is 2.08 bits per heavy atom. The molecule has 5 heteroatoms. The Bertz CT molecular complexity index is 882. The second kappa shape index (κ2) is 20.2. The third kappa shape index (κ3) is 16.1. The Kier molecular flexibility index (Phi) is 17.8. The molecule has 1 N–H and O–H groups in total. The lowest BCUT2D eigenvalue weighted by atomic mass is 9.82. The number of carbonyl (C=O) groups excluding carboxylic acids is 2. The third-order valence-electron chi connectivity index (χ3n) is 7.17. The van der Waals surface area contributed by atoms with Crippen molar-refractivity contribution >= 4 is 17.9 Å². The van der Waals surface area contributed by atoms with Gasteiger partial charge in [0.2, 0.25) is 5.91 Å². The average molecular weight is 542 g/mol. The summed E-state index contributed by atoms with van der Waals surface area (Å²) < 4.78 is 18.2. The van der Waals surface area contributed by atoms with Crippen LogP contribution >= 0.6 is 0 Å². The molecule has 2 aromatic carbocycles. The second-order valence-electron chi connectivity index (χ2n) is 10.9. The quantitative estimate of drug-likeness (QED) is 0.272. The molecule has 0 bridgehead atoms. The summed E-state index contributed by atoms with van der Waals surface area (Å²) in [5.74, 6) is 1.54. The molecule has 4 nitrogen and oxygen atoms in total. The van der Waals surface area contributed by atoms with Gasteiger partial charge in [-0.3, -0.25) is 4.79 Å². The first kappa shape index (κ1) is 34.3. The second-order valence-corrected chi connectivity index (χ2v) is 10.9. The number of halogens is 1. The van der Waals surface area contributed by atoms with Crippen molar-refractivity contribution in [1.29, 1.82) is 0 Å². The maximum absolute atomic E-state index is 13.1. The van der Waals surface area contributed by atoms with E-state index in [1.807, 2.05) is 24.3 Å². The molecule has 0 spiro atoms. The number of hydrogen-bond donors (Lipinski definition) is 1. The molecule has 3 rings (SSSR count). The SMILES string of the molecule is CC1(F)CCC(C=O)CC1.CCCC(CCC)CC(=O)Nc1ccc(OC)cc1.CCCCc1ccccc1. The van der Waals surface area contributed by atoms with Crippen LogP contribution in [-0.2, 0) is 16.0 Å². The van der Waals surface area contributed by atoms with Crippen molar-refractivity contribution in [3.63, 3.8) is 0 Å². The Labute approximate surface area is 237 Å². The minimum atomic E-state index is -1.00. The summed E-state index contributed by atoms with van der Waals surface area (Å²) in [5, 5.41) is 2.95. The van der Waals surface area contributed by atoms with Crippen molar-refractivity contribution in [2.45, 2.75) is 110 Å².